The lowest BCUT2D eigenvalue weighted by Gasteiger charge is -2.45. The van der Waals surface area contributed by atoms with Gasteiger partial charge < -0.3 is 26.0 Å². The fourth-order valence-corrected chi connectivity index (χ4v) is 6.67. The minimum absolute atomic E-state index is 0.0779. The molecule has 1 saturated carbocycles. The van der Waals surface area contributed by atoms with Crippen molar-refractivity contribution in [3.63, 3.8) is 0 Å². The van der Waals surface area contributed by atoms with Crippen LogP contribution in [-0.4, -0.2) is 53.3 Å². The largest absolute Gasteiger partial charge is 0.375 e. The summed E-state index contributed by atoms with van der Waals surface area (Å²) in [5.74, 6) is 0.351. The maximum Gasteiger partial charge on any atom is 0.271 e. The maximum absolute atomic E-state index is 12.3. The van der Waals surface area contributed by atoms with Crippen molar-refractivity contribution in [2.24, 2.45) is 10.9 Å². The standard InChI is InChI=1S/C28H38IN7O3/c1-18-16-21(8-9-23(18)36-13-11-28(12-14-36)10-2-3-15-39-28)32-27-24(25(30)37)33-22(17-29)26(34-27)31-19-4-6-20(35-38)7-5-19/h8-9,16,19-20H,2-7,10-15,17H2,1H3,(H2,30,37)(H2,31,32,34)/t19-,20-. The minimum Gasteiger partial charge on any atom is -0.375 e. The second-order valence-corrected chi connectivity index (χ2v) is 11.8. The number of carbonyl (C=O) groups is 1. The van der Waals surface area contributed by atoms with Crippen LogP contribution in [0, 0.1) is 11.8 Å². The maximum atomic E-state index is 12.3. The number of halogens is 1. The molecule has 1 aromatic carbocycles. The molecule has 10 nitrogen and oxygen atoms in total. The Morgan fingerprint density at radius 2 is 1.92 bits per heavy atom. The van der Waals surface area contributed by atoms with E-state index in [2.05, 4.69) is 67.3 Å². The number of primary amides is 1. The van der Waals surface area contributed by atoms with E-state index in [-0.39, 0.29) is 23.4 Å². The number of hydrogen-bond acceptors (Lipinski definition) is 9. The molecule has 2 saturated heterocycles. The molecule has 39 heavy (non-hydrogen) atoms. The Morgan fingerprint density at radius 1 is 1.15 bits per heavy atom. The van der Waals surface area contributed by atoms with Gasteiger partial charge in [-0.2, -0.15) is 4.91 Å². The van der Waals surface area contributed by atoms with Crippen LogP contribution in [0.5, 0.6) is 0 Å². The zero-order valence-electron chi connectivity index (χ0n) is 22.5. The van der Waals surface area contributed by atoms with Crippen LogP contribution in [0.2, 0.25) is 0 Å². The molecule has 1 aromatic heterocycles. The van der Waals surface area contributed by atoms with Gasteiger partial charge in [0.2, 0.25) is 0 Å². The number of ether oxygens (including phenoxy) is 1. The van der Waals surface area contributed by atoms with Crippen LogP contribution in [0.15, 0.2) is 23.4 Å². The highest BCUT2D eigenvalue weighted by Gasteiger charge is 2.37. The molecule has 2 aliphatic heterocycles. The molecule has 4 N–H and O–H groups in total. The van der Waals surface area contributed by atoms with Crippen molar-refractivity contribution in [3.05, 3.63) is 40.1 Å². The second kappa shape index (κ2) is 12.3. The summed E-state index contributed by atoms with van der Waals surface area (Å²) in [5, 5.41) is 10.00. The summed E-state index contributed by atoms with van der Waals surface area (Å²) in [6.45, 7) is 4.98. The van der Waals surface area contributed by atoms with Gasteiger partial charge in [0.1, 0.15) is 0 Å². The molecule has 0 bridgehead atoms. The van der Waals surface area contributed by atoms with Crippen LogP contribution in [0.25, 0.3) is 0 Å². The number of hydrogen-bond donors (Lipinski definition) is 3. The van der Waals surface area contributed by atoms with E-state index < -0.39 is 5.91 Å². The summed E-state index contributed by atoms with van der Waals surface area (Å²) in [5.41, 5.74) is 9.78. The Balaban J connectivity index is 1.32. The van der Waals surface area contributed by atoms with Crippen LogP contribution in [0.1, 0.15) is 79.5 Å². The van der Waals surface area contributed by atoms with Gasteiger partial charge in [0, 0.05) is 41.5 Å². The molecule has 11 heteroatoms. The average Bonchev–Trinajstić information content (AvgIpc) is 2.95. The molecule has 3 aliphatic rings. The van der Waals surface area contributed by atoms with E-state index in [0.717, 1.165) is 69.5 Å². The monoisotopic (exact) mass is 647 g/mol. The predicted molar refractivity (Wildman–Crippen MR) is 162 cm³/mol. The van der Waals surface area contributed by atoms with Gasteiger partial charge in [0.25, 0.3) is 5.91 Å². The summed E-state index contributed by atoms with van der Waals surface area (Å²) in [4.78, 5) is 35.0. The Labute approximate surface area is 243 Å². The summed E-state index contributed by atoms with van der Waals surface area (Å²) in [6, 6.07) is 6.30. The average molecular weight is 648 g/mol. The number of alkyl halides is 1. The number of nitrogens with one attached hydrogen (secondary N) is 2. The van der Waals surface area contributed by atoms with Crippen molar-refractivity contribution in [2.75, 3.05) is 35.2 Å². The van der Waals surface area contributed by atoms with E-state index in [1.54, 1.807) is 0 Å². The minimum atomic E-state index is -0.624. The molecule has 1 aliphatic carbocycles. The fraction of sp³-hybridized carbons (Fsp3) is 0.607. The van der Waals surface area contributed by atoms with Gasteiger partial charge in [0.15, 0.2) is 17.3 Å². The molecule has 1 spiro atoms. The first-order valence-electron chi connectivity index (χ1n) is 14.0. The number of anilines is 4. The molecule has 0 atom stereocenters. The van der Waals surface area contributed by atoms with Crippen molar-refractivity contribution in [1.29, 1.82) is 0 Å². The van der Waals surface area contributed by atoms with Gasteiger partial charge in [-0.05, 0) is 88.5 Å². The fourth-order valence-electron chi connectivity index (χ4n) is 6.14. The zero-order valence-corrected chi connectivity index (χ0v) is 24.7. The number of benzene rings is 1. The molecular weight excluding hydrogens is 609 g/mol. The number of amides is 1. The molecule has 210 valence electrons. The van der Waals surface area contributed by atoms with Gasteiger partial charge in [-0.15, -0.1) is 0 Å². The number of carbonyl (C=O) groups excluding carboxylic acids is 1. The first-order chi connectivity index (χ1) is 18.9. The van der Waals surface area contributed by atoms with E-state index in [0.29, 0.717) is 21.8 Å². The Morgan fingerprint density at radius 3 is 2.54 bits per heavy atom. The van der Waals surface area contributed by atoms with Crippen LogP contribution in [0.4, 0.5) is 23.0 Å². The van der Waals surface area contributed by atoms with Gasteiger partial charge in [-0.1, -0.05) is 27.8 Å². The van der Waals surface area contributed by atoms with Gasteiger partial charge in [0.05, 0.1) is 17.3 Å². The lowest BCUT2D eigenvalue weighted by atomic mass is 9.84. The highest BCUT2D eigenvalue weighted by Crippen LogP contribution is 2.37. The van der Waals surface area contributed by atoms with Gasteiger partial charge >= 0.3 is 0 Å². The molecule has 5 rings (SSSR count). The van der Waals surface area contributed by atoms with Crippen LogP contribution >= 0.6 is 22.6 Å². The first kappa shape index (κ1) is 28.0. The van der Waals surface area contributed by atoms with E-state index in [4.69, 9.17) is 15.5 Å². The first-order valence-corrected chi connectivity index (χ1v) is 15.5. The number of aromatic nitrogens is 2. The highest BCUT2D eigenvalue weighted by atomic mass is 127. The van der Waals surface area contributed by atoms with Gasteiger partial charge in [-0.25, -0.2) is 9.97 Å². The Kier molecular flexibility index (Phi) is 8.85. The summed E-state index contributed by atoms with van der Waals surface area (Å²) < 4.78 is 6.79. The van der Waals surface area contributed by atoms with E-state index in [1.807, 2.05) is 6.07 Å². The third-order valence-corrected chi connectivity index (χ3v) is 9.15. The lowest BCUT2D eigenvalue weighted by molar-refractivity contribution is -0.0920. The quantitative estimate of drug-likeness (QED) is 0.192. The van der Waals surface area contributed by atoms with E-state index >= 15 is 0 Å². The van der Waals surface area contributed by atoms with Crippen LogP contribution in [0.3, 0.4) is 0 Å². The van der Waals surface area contributed by atoms with Crippen LogP contribution < -0.4 is 21.3 Å². The highest BCUT2D eigenvalue weighted by molar-refractivity contribution is 14.1. The molecule has 3 fully saturated rings. The van der Waals surface area contributed by atoms with E-state index in [1.165, 1.54) is 24.9 Å². The summed E-state index contributed by atoms with van der Waals surface area (Å²) in [7, 11) is 0. The Bertz CT molecular complexity index is 1190. The molecule has 3 heterocycles. The molecule has 2 aromatic rings. The molecule has 0 radical (unpaired) electrons. The number of rotatable bonds is 8. The third-order valence-electron chi connectivity index (χ3n) is 8.42. The van der Waals surface area contributed by atoms with E-state index in [9.17, 15) is 9.70 Å². The normalized spacial score (nSPS) is 22.9. The van der Waals surface area contributed by atoms with Crippen molar-refractivity contribution in [1.82, 2.24) is 9.97 Å². The van der Waals surface area contributed by atoms with Crippen LogP contribution in [-0.2, 0) is 9.16 Å². The Hall–Kier alpha value is -2.54. The lowest BCUT2D eigenvalue weighted by Crippen LogP contribution is -2.47. The molecule has 1 amide bonds. The topological polar surface area (TPSA) is 135 Å². The number of piperidine rings is 1. The predicted octanol–water partition coefficient (Wildman–Crippen LogP) is 5.59. The molecule has 0 unspecified atom stereocenters. The number of nitroso groups, excluding NO2 is 1. The SMILES string of the molecule is Cc1cc(Nc2nc(N[C@H]3CC[C@H](N=O)CC3)c(CI)nc2C(N)=O)ccc1N1CCC2(CCCCO2)CC1. The number of nitrogens with zero attached hydrogens (tertiary/aromatic N) is 4. The third kappa shape index (κ3) is 6.45. The zero-order chi connectivity index (χ0) is 27.4. The van der Waals surface area contributed by atoms with Crippen molar-refractivity contribution >= 4 is 51.5 Å². The van der Waals surface area contributed by atoms with Crippen molar-refractivity contribution < 1.29 is 9.53 Å². The summed E-state index contributed by atoms with van der Waals surface area (Å²) in [6.07, 6.45) is 8.95. The van der Waals surface area contributed by atoms with Crippen molar-refractivity contribution in [2.45, 2.75) is 86.8 Å². The number of nitrogens with two attached hydrogens (primary N) is 1. The number of aryl methyl sites for hydroxylation is 1. The van der Waals surface area contributed by atoms with Gasteiger partial charge in [-0.3, -0.25) is 4.79 Å². The van der Waals surface area contributed by atoms with Crippen molar-refractivity contribution in [3.8, 4) is 0 Å². The second-order valence-electron chi connectivity index (χ2n) is 11.1. The summed E-state index contributed by atoms with van der Waals surface area (Å²) >= 11 is 2.22. The smallest absolute Gasteiger partial charge is 0.271 e. The molecular formula is C28H38IN7O3.